The third-order valence-corrected chi connectivity index (χ3v) is 5.84. The number of rotatable bonds is 6. The van der Waals surface area contributed by atoms with Crippen LogP contribution in [0.15, 0.2) is 48.5 Å². The van der Waals surface area contributed by atoms with Crippen LogP contribution in [0.4, 0.5) is 16.5 Å². The van der Waals surface area contributed by atoms with E-state index in [2.05, 4.69) is 15.5 Å². The summed E-state index contributed by atoms with van der Waals surface area (Å²) in [5, 5.41) is 22.5. The van der Waals surface area contributed by atoms with Crippen LogP contribution in [-0.4, -0.2) is 40.6 Å². The number of nitro benzene ring substituents is 1. The maximum Gasteiger partial charge on any atom is 0.270 e. The van der Waals surface area contributed by atoms with Crippen LogP contribution in [0, 0.1) is 10.1 Å². The first-order chi connectivity index (χ1) is 14.9. The number of nitrogens with zero attached hydrogens (tertiary/aromatic N) is 4. The average molecular weight is 439 g/mol. The molecule has 158 valence electrons. The Hall–Kier alpha value is -3.86. The molecule has 2 heterocycles. The van der Waals surface area contributed by atoms with Gasteiger partial charge in [0.05, 0.1) is 12.0 Å². The van der Waals surface area contributed by atoms with Gasteiger partial charge in [0.15, 0.2) is 0 Å². The first kappa shape index (κ1) is 20.4. The van der Waals surface area contributed by atoms with Crippen molar-refractivity contribution >= 4 is 39.7 Å². The highest BCUT2D eigenvalue weighted by molar-refractivity contribution is 7.15. The van der Waals surface area contributed by atoms with Crippen molar-refractivity contribution in [3.05, 3.63) is 69.2 Å². The van der Waals surface area contributed by atoms with Crippen LogP contribution >= 0.6 is 11.3 Å². The van der Waals surface area contributed by atoms with E-state index in [1.54, 1.807) is 24.1 Å². The summed E-state index contributed by atoms with van der Waals surface area (Å²) in [6.45, 7) is 0.457. The minimum atomic E-state index is -0.564. The lowest BCUT2D eigenvalue weighted by Crippen LogP contribution is -2.24. The van der Waals surface area contributed by atoms with Gasteiger partial charge in [-0.25, -0.2) is 0 Å². The first-order valence-electron chi connectivity index (χ1n) is 9.28. The zero-order chi connectivity index (χ0) is 22.0. The number of hydrogen-bond donors (Lipinski definition) is 1. The predicted molar refractivity (Wildman–Crippen MR) is 114 cm³/mol. The quantitative estimate of drug-likeness (QED) is 0.461. The van der Waals surface area contributed by atoms with Gasteiger partial charge in [0.25, 0.3) is 11.6 Å². The number of carbonyl (C=O) groups excluding carboxylic acids is 2. The van der Waals surface area contributed by atoms with Gasteiger partial charge in [0.1, 0.15) is 10.8 Å². The van der Waals surface area contributed by atoms with E-state index in [1.807, 2.05) is 12.1 Å². The van der Waals surface area contributed by atoms with Crippen LogP contribution in [0.1, 0.15) is 27.7 Å². The topological polar surface area (TPSA) is 128 Å². The summed E-state index contributed by atoms with van der Waals surface area (Å²) < 4.78 is 5.15. The number of carbonyl (C=O) groups is 2. The van der Waals surface area contributed by atoms with Crippen molar-refractivity contribution in [3.8, 4) is 5.75 Å². The third kappa shape index (κ3) is 4.36. The Kier molecular flexibility index (Phi) is 5.58. The molecule has 2 amide bonds. The second-order valence-corrected chi connectivity index (χ2v) is 7.82. The van der Waals surface area contributed by atoms with E-state index in [9.17, 15) is 19.7 Å². The maximum absolute atomic E-state index is 12.5. The number of hydrogen-bond acceptors (Lipinski definition) is 8. The fourth-order valence-corrected chi connectivity index (χ4v) is 4.09. The van der Waals surface area contributed by atoms with Gasteiger partial charge in [-0.2, -0.15) is 0 Å². The molecule has 3 aromatic rings. The van der Waals surface area contributed by atoms with E-state index in [0.717, 1.165) is 5.69 Å². The number of nitro groups is 1. The highest BCUT2D eigenvalue weighted by atomic mass is 32.1. The molecule has 1 aliphatic rings. The van der Waals surface area contributed by atoms with Crippen LogP contribution in [0.25, 0.3) is 0 Å². The van der Waals surface area contributed by atoms with Crippen molar-refractivity contribution in [1.82, 2.24) is 10.2 Å². The van der Waals surface area contributed by atoms with Crippen LogP contribution in [0.2, 0.25) is 0 Å². The minimum absolute atomic E-state index is 0.0208. The monoisotopic (exact) mass is 439 g/mol. The molecule has 1 aliphatic heterocycles. The SMILES string of the molecule is COc1ccc(N2CC(c3nnc(NC(=O)c4cccc([N+](=O)[O-])c4)s3)CC2=O)cc1. The molecule has 10 nitrogen and oxygen atoms in total. The van der Waals surface area contributed by atoms with Crippen molar-refractivity contribution in [2.75, 3.05) is 23.9 Å². The Morgan fingerprint density at radius 2 is 2.03 bits per heavy atom. The standard InChI is InChI=1S/C20H17N5O5S/c1-30-16-7-5-14(6-8-16)24-11-13(10-17(24)26)19-22-23-20(31-19)21-18(27)12-3-2-4-15(9-12)25(28)29/h2-9,13H,10-11H2,1H3,(H,21,23,27). The summed E-state index contributed by atoms with van der Waals surface area (Å²) in [5.41, 5.74) is 0.749. The van der Waals surface area contributed by atoms with Crippen LogP contribution in [0.5, 0.6) is 5.75 Å². The molecule has 0 spiro atoms. The number of benzene rings is 2. The van der Waals surface area contributed by atoms with Crippen molar-refractivity contribution in [2.24, 2.45) is 0 Å². The van der Waals surface area contributed by atoms with Gasteiger partial charge in [-0.3, -0.25) is 25.0 Å². The van der Waals surface area contributed by atoms with Crippen molar-refractivity contribution in [3.63, 3.8) is 0 Å². The summed E-state index contributed by atoms with van der Waals surface area (Å²) in [6, 6.07) is 12.7. The van der Waals surface area contributed by atoms with E-state index in [4.69, 9.17) is 4.74 Å². The molecule has 1 fully saturated rings. The fraction of sp³-hybridized carbons (Fsp3) is 0.200. The molecule has 31 heavy (non-hydrogen) atoms. The van der Waals surface area contributed by atoms with Gasteiger partial charge >= 0.3 is 0 Å². The molecule has 1 atom stereocenters. The number of methoxy groups -OCH3 is 1. The lowest BCUT2D eigenvalue weighted by Gasteiger charge is -2.16. The maximum atomic E-state index is 12.5. The number of ether oxygens (including phenoxy) is 1. The number of nitrogens with one attached hydrogen (secondary N) is 1. The Balaban J connectivity index is 1.44. The number of non-ortho nitro benzene ring substituents is 1. The van der Waals surface area contributed by atoms with Crippen molar-refractivity contribution < 1.29 is 19.2 Å². The molecular weight excluding hydrogens is 422 g/mol. The molecule has 0 aliphatic carbocycles. The van der Waals surface area contributed by atoms with E-state index >= 15 is 0 Å². The van der Waals surface area contributed by atoms with Crippen molar-refractivity contribution in [1.29, 1.82) is 0 Å². The zero-order valence-corrected chi connectivity index (χ0v) is 17.2. The summed E-state index contributed by atoms with van der Waals surface area (Å²) in [7, 11) is 1.58. The zero-order valence-electron chi connectivity index (χ0n) is 16.3. The highest BCUT2D eigenvalue weighted by Gasteiger charge is 2.34. The minimum Gasteiger partial charge on any atom is -0.497 e. The average Bonchev–Trinajstić information content (AvgIpc) is 3.40. The normalized spacial score (nSPS) is 15.7. The first-order valence-corrected chi connectivity index (χ1v) is 10.1. The second-order valence-electron chi connectivity index (χ2n) is 6.81. The Labute approximate surface area is 180 Å². The summed E-state index contributed by atoms with van der Waals surface area (Å²) in [6.07, 6.45) is 0.291. The second kappa shape index (κ2) is 8.48. The fourth-order valence-electron chi connectivity index (χ4n) is 3.26. The summed E-state index contributed by atoms with van der Waals surface area (Å²) >= 11 is 1.18. The van der Waals surface area contributed by atoms with Gasteiger partial charge in [-0.05, 0) is 30.3 Å². The molecule has 4 rings (SSSR count). The lowest BCUT2D eigenvalue weighted by atomic mass is 10.1. The number of anilines is 2. The Bertz CT molecular complexity index is 1150. The van der Waals surface area contributed by atoms with E-state index in [-0.39, 0.29) is 28.2 Å². The number of amides is 2. The Morgan fingerprint density at radius 1 is 1.26 bits per heavy atom. The Morgan fingerprint density at radius 3 is 2.74 bits per heavy atom. The smallest absolute Gasteiger partial charge is 0.270 e. The molecule has 1 N–H and O–H groups in total. The van der Waals surface area contributed by atoms with E-state index < -0.39 is 10.8 Å². The van der Waals surface area contributed by atoms with Crippen LogP contribution in [0.3, 0.4) is 0 Å². The molecule has 1 saturated heterocycles. The highest BCUT2D eigenvalue weighted by Crippen LogP contribution is 2.34. The third-order valence-electron chi connectivity index (χ3n) is 4.84. The van der Waals surface area contributed by atoms with Gasteiger partial charge in [0, 0.05) is 42.3 Å². The molecule has 1 unspecified atom stereocenters. The molecule has 2 aromatic carbocycles. The molecule has 1 aromatic heterocycles. The summed E-state index contributed by atoms with van der Waals surface area (Å²) in [5.74, 6) is 0.0251. The predicted octanol–water partition coefficient (Wildman–Crippen LogP) is 3.23. The van der Waals surface area contributed by atoms with Crippen LogP contribution < -0.4 is 15.0 Å². The van der Waals surface area contributed by atoms with Gasteiger partial charge in [-0.15, -0.1) is 10.2 Å². The largest absolute Gasteiger partial charge is 0.497 e. The van der Waals surface area contributed by atoms with Gasteiger partial charge in [0.2, 0.25) is 11.0 Å². The van der Waals surface area contributed by atoms with E-state index in [0.29, 0.717) is 23.7 Å². The molecule has 0 radical (unpaired) electrons. The van der Waals surface area contributed by atoms with Crippen molar-refractivity contribution in [2.45, 2.75) is 12.3 Å². The van der Waals surface area contributed by atoms with Crippen LogP contribution in [-0.2, 0) is 4.79 Å². The molecule has 11 heteroatoms. The molecule has 0 bridgehead atoms. The van der Waals surface area contributed by atoms with Gasteiger partial charge < -0.3 is 9.64 Å². The lowest BCUT2D eigenvalue weighted by molar-refractivity contribution is -0.384. The number of aromatic nitrogens is 2. The van der Waals surface area contributed by atoms with Gasteiger partial charge in [-0.1, -0.05) is 17.4 Å². The van der Waals surface area contributed by atoms with E-state index in [1.165, 1.54) is 35.6 Å². The summed E-state index contributed by atoms with van der Waals surface area (Å²) in [4.78, 5) is 36.9. The molecular formula is C20H17N5O5S. The molecule has 0 saturated carbocycles.